The van der Waals surface area contributed by atoms with Crippen molar-refractivity contribution in [2.24, 2.45) is 11.1 Å². The van der Waals surface area contributed by atoms with Crippen LogP contribution in [0.25, 0.3) is 0 Å². The number of nitrogens with two attached hydrogens (primary N) is 1. The SMILES string of the molecule is CC(c1ccccc1F)N(C)CC1(CN)CCOC1. The molecule has 0 aromatic heterocycles. The normalized spacial score (nSPS) is 24.9. The topological polar surface area (TPSA) is 38.5 Å². The molecule has 0 bridgehead atoms. The maximum atomic E-state index is 13.8. The molecule has 1 fully saturated rings. The molecule has 2 unspecified atom stereocenters. The summed E-state index contributed by atoms with van der Waals surface area (Å²) >= 11 is 0. The minimum atomic E-state index is -0.147. The quantitative estimate of drug-likeness (QED) is 0.888. The van der Waals surface area contributed by atoms with Crippen molar-refractivity contribution in [1.82, 2.24) is 4.90 Å². The van der Waals surface area contributed by atoms with Gasteiger partial charge in [0.15, 0.2) is 0 Å². The van der Waals surface area contributed by atoms with E-state index in [1.165, 1.54) is 6.07 Å². The van der Waals surface area contributed by atoms with Crippen LogP contribution in [0.3, 0.4) is 0 Å². The van der Waals surface area contributed by atoms with Gasteiger partial charge in [-0.05, 0) is 26.5 Å². The smallest absolute Gasteiger partial charge is 0.127 e. The van der Waals surface area contributed by atoms with Crippen molar-refractivity contribution in [2.45, 2.75) is 19.4 Å². The van der Waals surface area contributed by atoms with Gasteiger partial charge < -0.3 is 10.5 Å². The Morgan fingerprint density at radius 2 is 2.21 bits per heavy atom. The average molecular weight is 266 g/mol. The molecule has 1 aliphatic heterocycles. The maximum Gasteiger partial charge on any atom is 0.127 e. The third-order valence-corrected chi connectivity index (χ3v) is 4.22. The van der Waals surface area contributed by atoms with E-state index in [-0.39, 0.29) is 17.3 Å². The zero-order valence-corrected chi connectivity index (χ0v) is 11.7. The lowest BCUT2D eigenvalue weighted by molar-refractivity contribution is 0.110. The molecule has 2 atom stereocenters. The zero-order chi connectivity index (χ0) is 13.9. The highest BCUT2D eigenvalue weighted by Gasteiger charge is 2.35. The summed E-state index contributed by atoms with van der Waals surface area (Å²) in [6.07, 6.45) is 0.984. The first kappa shape index (κ1) is 14.4. The Bertz CT molecular complexity index is 418. The van der Waals surface area contributed by atoms with Gasteiger partial charge in [0.2, 0.25) is 0 Å². The molecule has 1 aromatic rings. The van der Waals surface area contributed by atoms with E-state index in [0.29, 0.717) is 13.2 Å². The van der Waals surface area contributed by atoms with Crippen molar-refractivity contribution in [3.63, 3.8) is 0 Å². The lowest BCUT2D eigenvalue weighted by Crippen LogP contribution is -2.42. The van der Waals surface area contributed by atoms with E-state index in [1.54, 1.807) is 6.07 Å². The van der Waals surface area contributed by atoms with Crippen LogP contribution in [0, 0.1) is 11.2 Å². The molecule has 2 rings (SSSR count). The summed E-state index contributed by atoms with van der Waals surface area (Å²) in [5.41, 5.74) is 6.66. The van der Waals surface area contributed by atoms with Crippen LogP contribution < -0.4 is 5.73 Å². The molecule has 2 N–H and O–H groups in total. The highest BCUT2D eigenvalue weighted by Crippen LogP contribution is 2.31. The fourth-order valence-electron chi connectivity index (χ4n) is 2.72. The highest BCUT2D eigenvalue weighted by molar-refractivity contribution is 5.20. The molecular weight excluding hydrogens is 243 g/mol. The van der Waals surface area contributed by atoms with Crippen LogP contribution in [0.4, 0.5) is 4.39 Å². The van der Waals surface area contributed by atoms with E-state index < -0.39 is 0 Å². The number of hydrogen-bond acceptors (Lipinski definition) is 3. The molecule has 3 nitrogen and oxygen atoms in total. The van der Waals surface area contributed by atoms with Crippen molar-refractivity contribution < 1.29 is 9.13 Å². The number of rotatable bonds is 5. The predicted molar refractivity (Wildman–Crippen MR) is 74.4 cm³/mol. The second-order valence-corrected chi connectivity index (χ2v) is 5.62. The molecule has 106 valence electrons. The molecule has 1 aliphatic rings. The Labute approximate surface area is 114 Å². The van der Waals surface area contributed by atoms with Crippen LogP contribution in [0.5, 0.6) is 0 Å². The molecule has 4 heteroatoms. The van der Waals surface area contributed by atoms with Crippen LogP contribution >= 0.6 is 0 Å². The second-order valence-electron chi connectivity index (χ2n) is 5.62. The summed E-state index contributed by atoms with van der Waals surface area (Å²) < 4.78 is 19.3. The molecule has 0 radical (unpaired) electrons. The Balaban J connectivity index is 2.07. The van der Waals surface area contributed by atoms with E-state index in [0.717, 1.165) is 25.1 Å². The minimum absolute atomic E-state index is 0.0221. The van der Waals surface area contributed by atoms with E-state index in [2.05, 4.69) is 4.90 Å². The maximum absolute atomic E-state index is 13.8. The van der Waals surface area contributed by atoms with Crippen molar-refractivity contribution in [3.05, 3.63) is 35.6 Å². The standard InChI is InChI=1S/C15H23FN2O/c1-12(13-5-3-4-6-14(13)16)18(2)10-15(9-17)7-8-19-11-15/h3-6,12H,7-11,17H2,1-2H3. The molecule has 0 spiro atoms. The van der Waals surface area contributed by atoms with Crippen LogP contribution in [-0.2, 0) is 4.74 Å². The molecule has 1 saturated heterocycles. The van der Waals surface area contributed by atoms with E-state index in [1.807, 2.05) is 26.1 Å². The molecule has 0 amide bonds. The Morgan fingerprint density at radius 3 is 2.79 bits per heavy atom. The number of ether oxygens (including phenoxy) is 1. The van der Waals surface area contributed by atoms with E-state index >= 15 is 0 Å². The first-order chi connectivity index (χ1) is 9.08. The fraction of sp³-hybridized carbons (Fsp3) is 0.600. The fourth-order valence-corrected chi connectivity index (χ4v) is 2.72. The monoisotopic (exact) mass is 266 g/mol. The number of hydrogen-bond donors (Lipinski definition) is 1. The van der Waals surface area contributed by atoms with Crippen molar-refractivity contribution >= 4 is 0 Å². The van der Waals surface area contributed by atoms with Gasteiger partial charge in [-0.1, -0.05) is 18.2 Å². The third-order valence-electron chi connectivity index (χ3n) is 4.22. The summed E-state index contributed by atoms with van der Waals surface area (Å²) in [6, 6.07) is 6.98. The van der Waals surface area contributed by atoms with E-state index in [4.69, 9.17) is 10.5 Å². The first-order valence-corrected chi connectivity index (χ1v) is 6.80. The number of benzene rings is 1. The Morgan fingerprint density at radius 1 is 1.47 bits per heavy atom. The molecule has 0 aliphatic carbocycles. The molecule has 1 aromatic carbocycles. The van der Waals surface area contributed by atoms with Gasteiger partial charge in [-0.25, -0.2) is 4.39 Å². The zero-order valence-electron chi connectivity index (χ0n) is 11.7. The van der Waals surface area contributed by atoms with Gasteiger partial charge >= 0.3 is 0 Å². The molecule has 1 heterocycles. The summed E-state index contributed by atoms with van der Waals surface area (Å²) in [5, 5.41) is 0. The van der Waals surface area contributed by atoms with Gasteiger partial charge in [0.05, 0.1) is 6.61 Å². The lowest BCUT2D eigenvalue weighted by atomic mass is 9.86. The summed E-state index contributed by atoms with van der Waals surface area (Å²) in [7, 11) is 2.02. The van der Waals surface area contributed by atoms with Crippen molar-refractivity contribution in [3.8, 4) is 0 Å². The first-order valence-electron chi connectivity index (χ1n) is 6.80. The van der Waals surface area contributed by atoms with Crippen LogP contribution in [0.1, 0.15) is 24.9 Å². The largest absolute Gasteiger partial charge is 0.381 e. The number of halogens is 1. The Kier molecular flexibility index (Phi) is 4.55. The van der Waals surface area contributed by atoms with Crippen LogP contribution in [-0.4, -0.2) is 38.3 Å². The van der Waals surface area contributed by atoms with Gasteiger partial charge in [-0.3, -0.25) is 4.90 Å². The predicted octanol–water partition coefficient (Wildman–Crippen LogP) is 2.18. The lowest BCUT2D eigenvalue weighted by Gasteiger charge is -2.34. The summed E-state index contributed by atoms with van der Waals surface area (Å²) in [4.78, 5) is 2.17. The molecule has 0 saturated carbocycles. The third kappa shape index (κ3) is 3.14. The number of nitrogens with zero attached hydrogens (tertiary/aromatic N) is 1. The van der Waals surface area contributed by atoms with Crippen molar-refractivity contribution in [1.29, 1.82) is 0 Å². The molecule has 19 heavy (non-hydrogen) atoms. The molecular formula is C15H23FN2O. The summed E-state index contributed by atoms with van der Waals surface area (Å²) in [5.74, 6) is -0.147. The van der Waals surface area contributed by atoms with Gasteiger partial charge in [-0.2, -0.15) is 0 Å². The second kappa shape index (κ2) is 5.99. The van der Waals surface area contributed by atoms with Gasteiger partial charge in [0.1, 0.15) is 5.82 Å². The average Bonchev–Trinajstić information content (AvgIpc) is 2.87. The Hall–Kier alpha value is -0.970. The van der Waals surface area contributed by atoms with Gasteiger partial charge in [-0.15, -0.1) is 0 Å². The highest BCUT2D eigenvalue weighted by atomic mass is 19.1. The minimum Gasteiger partial charge on any atom is -0.381 e. The van der Waals surface area contributed by atoms with Gasteiger partial charge in [0.25, 0.3) is 0 Å². The van der Waals surface area contributed by atoms with Gasteiger partial charge in [0, 0.05) is 36.7 Å². The van der Waals surface area contributed by atoms with Crippen molar-refractivity contribution in [2.75, 3.05) is 33.4 Å². The van der Waals surface area contributed by atoms with E-state index in [9.17, 15) is 4.39 Å². The summed E-state index contributed by atoms with van der Waals surface area (Å²) in [6.45, 7) is 4.95. The van der Waals surface area contributed by atoms with Crippen LogP contribution in [0.15, 0.2) is 24.3 Å². The van der Waals surface area contributed by atoms with Crippen LogP contribution in [0.2, 0.25) is 0 Å².